The molecule has 0 spiro atoms. The van der Waals surface area contributed by atoms with Crippen molar-refractivity contribution in [3.63, 3.8) is 0 Å². The van der Waals surface area contributed by atoms with E-state index >= 15 is 0 Å². The largest absolute Gasteiger partial charge is 0.593 e. The molecule has 2 rings (SSSR count). The van der Waals surface area contributed by atoms with E-state index < -0.39 is 11.4 Å². The van der Waals surface area contributed by atoms with Crippen molar-refractivity contribution in [2.24, 2.45) is 10.6 Å². The van der Waals surface area contributed by atoms with Gasteiger partial charge in [-0.3, -0.25) is 4.79 Å². The molecule has 2 N–H and O–H groups in total. The van der Waals surface area contributed by atoms with Crippen LogP contribution in [0.5, 0.6) is 0 Å². The van der Waals surface area contributed by atoms with Crippen molar-refractivity contribution in [2.45, 2.75) is 32.1 Å². The molecule has 1 aliphatic rings. The first-order valence-electron chi connectivity index (χ1n) is 7.44. The summed E-state index contributed by atoms with van der Waals surface area (Å²) in [6.07, 6.45) is 0.841. The predicted octanol–water partition coefficient (Wildman–Crippen LogP) is 1.73. The highest BCUT2D eigenvalue weighted by Crippen LogP contribution is 2.25. The number of ether oxygens (including phenoxy) is 1. The van der Waals surface area contributed by atoms with Gasteiger partial charge in [-0.05, 0) is 29.5 Å². The molecule has 0 aromatic heterocycles. The molecule has 1 atom stereocenters. The third-order valence-corrected chi connectivity index (χ3v) is 4.31. The van der Waals surface area contributed by atoms with Gasteiger partial charge in [-0.25, -0.2) is 0 Å². The van der Waals surface area contributed by atoms with Gasteiger partial charge in [-0.2, -0.15) is 0 Å². The Labute approximate surface area is 135 Å². The molecule has 1 fully saturated rings. The number of nitrogens with zero attached hydrogens (tertiary/aromatic N) is 1. The molecule has 1 amide bonds. The summed E-state index contributed by atoms with van der Waals surface area (Å²) in [6.45, 7) is 8.61. The van der Waals surface area contributed by atoms with Gasteiger partial charge in [0.2, 0.25) is 0 Å². The second kappa shape index (κ2) is 7.00. The van der Waals surface area contributed by atoms with E-state index in [2.05, 4.69) is 20.8 Å². The Bertz CT molecular complexity index is 535. The Morgan fingerprint density at radius 1 is 1.36 bits per heavy atom. The maximum atomic E-state index is 12.7. The lowest BCUT2D eigenvalue weighted by Gasteiger charge is -2.27. The van der Waals surface area contributed by atoms with Crippen molar-refractivity contribution in [1.82, 2.24) is 4.90 Å². The van der Waals surface area contributed by atoms with Crippen molar-refractivity contribution in [3.05, 3.63) is 29.3 Å². The van der Waals surface area contributed by atoms with Gasteiger partial charge in [0, 0.05) is 13.1 Å². The average Bonchev–Trinajstić information content (AvgIpc) is 2.45. The molecule has 0 bridgehead atoms. The molecule has 5 nitrogen and oxygen atoms in total. The van der Waals surface area contributed by atoms with Crippen LogP contribution in [0.3, 0.4) is 0 Å². The van der Waals surface area contributed by atoms with Crippen LogP contribution in [0.1, 0.15) is 36.7 Å². The summed E-state index contributed by atoms with van der Waals surface area (Å²) in [5.74, 6) is -0.118. The molecule has 22 heavy (non-hydrogen) atoms. The van der Waals surface area contributed by atoms with E-state index in [0.29, 0.717) is 36.8 Å². The molecule has 122 valence electrons. The Balaban J connectivity index is 2.32. The fraction of sp³-hybridized carbons (Fsp3) is 0.562. The quantitative estimate of drug-likeness (QED) is 0.859. The molecular formula is C16H24N2O3S. The van der Waals surface area contributed by atoms with Gasteiger partial charge < -0.3 is 14.2 Å². The Morgan fingerprint density at radius 3 is 2.55 bits per heavy atom. The van der Waals surface area contributed by atoms with E-state index in [4.69, 9.17) is 9.88 Å². The van der Waals surface area contributed by atoms with Crippen LogP contribution in [0.4, 0.5) is 0 Å². The second-order valence-corrected chi connectivity index (χ2v) is 7.80. The zero-order valence-corrected chi connectivity index (χ0v) is 14.2. The first-order chi connectivity index (χ1) is 10.3. The van der Waals surface area contributed by atoms with Crippen LogP contribution in [0, 0.1) is 5.41 Å². The topological polar surface area (TPSA) is 78.6 Å². The number of carbonyl (C=O) groups is 1. The predicted molar refractivity (Wildman–Crippen MR) is 86.9 cm³/mol. The number of amides is 1. The lowest BCUT2D eigenvalue weighted by Crippen LogP contribution is -2.41. The van der Waals surface area contributed by atoms with Crippen LogP contribution in [0.25, 0.3) is 0 Å². The van der Waals surface area contributed by atoms with Gasteiger partial charge in [0.1, 0.15) is 0 Å². The van der Waals surface area contributed by atoms with Gasteiger partial charge in [0.25, 0.3) is 5.91 Å². The number of hydrogen-bond acceptors (Lipinski definition) is 4. The summed E-state index contributed by atoms with van der Waals surface area (Å²) in [7, 11) is 0. The number of carbonyl (C=O) groups excluding carboxylic acids is 1. The van der Waals surface area contributed by atoms with E-state index in [0.717, 1.165) is 12.0 Å². The Morgan fingerprint density at radius 2 is 2.00 bits per heavy atom. The highest BCUT2D eigenvalue weighted by molar-refractivity contribution is 7.89. The normalized spacial score (nSPS) is 17.4. The maximum absolute atomic E-state index is 12.7. The average molecular weight is 324 g/mol. The second-order valence-electron chi connectivity index (χ2n) is 6.77. The fourth-order valence-corrected chi connectivity index (χ4v) is 3.14. The Kier molecular flexibility index (Phi) is 5.50. The number of hydrogen-bond donors (Lipinski definition) is 1. The van der Waals surface area contributed by atoms with Crippen LogP contribution in [-0.4, -0.2) is 41.7 Å². The molecule has 1 aliphatic heterocycles. The van der Waals surface area contributed by atoms with Gasteiger partial charge >= 0.3 is 0 Å². The zero-order chi connectivity index (χ0) is 16.3. The molecule has 1 heterocycles. The van der Waals surface area contributed by atoms with E-state index in [1.54, 1.807) is 11.0 Å². The first-order valence-corrected chi connectivity index (χ1v) is 8.65. The summed E-state index contributed by atoms with van der Waals surface area (Å²) in [4.78, 5) is 14.9. The summed E-state index contributed by atoms with van der Waals surface area (Å²) < 4.78 is 17.0. The number of morpholine rings is 1. The highest BCUT2D eigenvalue weighted by Gasteiger charge is 2.26. The summed E-state index contributed by atoms with van der Waals surface area (Å²) in [5.41, 5.74) is 1.62. The molecule has 1 aromatic carbocycles. The maximum Gasteiger partial charge on any atom is 0.259 e. The standard InChI is InChI=1S/C16H24N2O3S/c1-16(2,3)11-12-4-5-14(22(17)20)13(10-12)15(19)18-6-8-21-9-7-18/h4-5,10H,6-9,11,17H2,1-3H3. The van der Waals surface area contributed by atoms with Gasteiger partial charge in [0.15, 0.2) is 4.90 Å². The third kappa shape index (κ3) is 4.46. The Hall–Kier alpha value is -1.08. The van der Waals surface area contributed by atoms with E-state index in [9.17, 15) is 9.35 Å². The van der Waals surface area contributed by atoms with Gasteiger partial charge in [0.05, 0.1) is 30.1 Å². The van der Waals surface area contributed by atoms with Crippen LogP contribution < -0.4 is 5.14 Å². The number of rotatable bonds is 3. The van der Waals surface area contributed by atoms with Crippen LogP contribution in [0.15, 0.2) is 23.1 Å². The molecule has 0 saturated carbocycles. The molecule has 1 unspecified atom stereocenters. The molecule has 0 aliphatic carbocycles. The lowest BCUT2D eigenvalue weighted by atomic mass is 9.87. The van der Waals surface area contributed by atoms with E-state index in [-0.39, 0.29) is 11.3 Å². The van der Waals surface area contributed by atoms with Gasteiger partial charge in [-0.1, -0.05) is 26.8 Å². The fourth-order valence-electron chi connectivity index (χ4n) is 2.58. The molecule has 1 aromatic rings. The van der Waals surface area contributed by atoms with Crippen molar-refractivity contribution < 1.29 is 14.1 Å². The number of nitrogens with two attached hydrogens (primary N) is 1. The molecular weight excluding hydrogens is 300 g/mol. The van der Waals surface area contributed by atoms with E-state index in [1.165, 1.54) is 0 Å². The van der Waals surface area contributed by atoms with Crippen LogP contribution in [0.2, 0.25) is 0 Å². The monoisotopic (exact) mass is 324 g/mol. The van der Waals surface area contributed by atoms with Crippen molar-refractivity contribution in [1.29, 1.82) is 0 Å². The number of benzene rings is 1. The summed E-state index contributed by atoms with van der Waals surface area (Å²) in [5, 5.41) is 5.54. The zero-order valence-electron chi connectivity index (χ0n) is 13.4. The van der Waals surface area contributed by atoms with E-state index in [1.807, 2.05) is 12.1 Å². The van der Waals surface area contributed by atoms with Crippen molar-refractivity contribution >= 4 is 17.3 Å². The van der Waals surface area contributed by atoms with Gasteiger partial charge in [-0.15, -0.1) is 5.14 Å². The molecule has 0 radical (unpaired) electrons. The summed E-state index contributed by atoms with van der Waals surface area (Å²) >= 11 is -1.68. The minimum atomic E-state index is -1.68. The molecule has 1 saturated heterocycles. The highest BCUT2D eigenvalue weighted by atomic mass is 32.2. The SMILES string of the molecule is CC(C)(C)Cc1ccc([S+](N)[O-])c(C(=O)N2CCOCC2)c1. The van der Waals surface area contributed by atoms with Crippen LogP contribution in [-0.2, 0) is 22.5 Å². The smallest absolute Gasteiger partial charge is 0.259 e. The van der Waals surface area contributed by atoms with Crippen molar-refractivity contribution in [3.8, 4) is 0 Å². The lowest BCUT2D eigenvalue weighted by molar-refractivity contribution is 0.0300. The molecule has 6 heteroatoms. The first kappa shape index (κ1) is 17.3. The minimum Gasteiger partial charge on any atom is -0.593 e. The summed E-state index contributed by atoms with van der Waals surface area (Å²) in [6, 6.07) is 5.45. The minimum absolute atomic E-state index is 0.114. The van der Waals surface area contributed by atoms with Crippen LogP contribution >= 0.6 is 0 Å². The van der Waals surface area contributed by atoms with Crippen molar-refractivity contribution in [2.75, 3.05) is 26.3 Å². The third-order valence-electron chi connectivity index (χ3n) is 3.52.